The van der Waals surface area contributed by atoms with E-state index < -0.39 is 15.9 Å². The summed E-state index contributed by atoms with van der Waals surface area (Å²) >= 11 is 0. The number of nitrogen functional groups attached to an aromatic ring is 1. The predicted octanol–water partition coefficient (Wildman–Crippen LogP) is 7.69. The molecule has 1 aromatic rings. The Balaban J connectivity index is 0.00000251. The van der Waals surface area contributed by atoms with Crippen LogP contribution in [0, 0.1) is 0 Å². The van der Waals surface area contributed by atoms with Gasteiger partial charge in [-0.1, -0.05) is 122 Å². The van der Waals surface area contributed by atoms with Crippen molar-refractivity contribution in [2.45, 2.75) is 115 Å². The Morgan fingerprint density at radius 2 is 1.15 bits per heavy atom. The molecule has 0 spiro atoms. The van der Waals surface area contributed by atoms with E-state index >= 15 is 0 Å². The van der Waals surface area contributed by atoms with E-state index in [2.05, 4.69) is 24.8 Å². The van der Waals surface area contributed by atoms with Gasteiger partial charge in [0.2, 0.25) is 5.91 Å². The van der Waals surface area contributed by atoms with Crippen molar-refractivity contribution in [1.29, 1.82) is 0 Å². The molecule has 0 aliphatic heterocycles. The molecule has 0 aromatic heterocycles. The quantitative estimate of drug-likeness (QED) is 0.118. The molecule has 1 aromatic carbocycles. The molecule has 0 radical (unpaired) electrons. The molecule has 194 valence electrons. The van der Waals surface area contributed by atoms with Crippen molar-refractivity contribution in [2.75, 3.05) is 5.73 Å². The van der Waals surface area contributed by atoms with Gasteiger partial charge in [-0.05, 0) is 30.7 Å². The lowest BCUT2D eigenvalue weighted by atomic mass is 10.0. The van der Waals surface area contributed by atoms with E-state index in [9.17, 15) is 13.2 Å². The van der Waals surface area contributed by atoms with E-state index in [-0.39, 0.29) is 11.3 Å². The van der Waals surface area contributed by atoms with Crippen LogP contribution in [0.5, 0.6) is 0 Å². The first-order chi connectivity index (χ1) is 16.4. The second-order valence-electron chi connectivity index (χ2n) is 8.77. The van der Waals surface area contributed by atoms with Crippen molar-refractivity contribution < 1.29 is 13.2 Å². The normalized spacial score (nSPS) is 10.7. The van der Waals surface area contributed by atoms with E-state index in [0.29, 0.717) is 5.69 Å². The molecular formula is C28H48N2O3S. The van der Waals surface area contributed by atoms with Crippen molar-refractivity contribution >= 4 is 21.6 Å². The van der Waals surface area contributed by atoms with Gasteiger partial charge in [0.1, 0.15) is 0 Å². The van der Waals surface area contributed by atoms with Gasteiger partial charge in [-0.15, -0.1) is 0 Å². The number of unbranched alkanes of at least 4 members (excludes halogenated alkanes) is 14. The average Bonchev–Trinajstić information content (AvgIpc) is 2.81. The summed E-state index contributed by atoms with van der Waals surface area (Å²) in [6.07, 6.45) is 22.4. The zero-order valence-corrected chi connectivity index (χ0v) is 22.2. The highest BCUT2D eigenvalue weighted by atomic mass is 32.2. The van der Waals surface area contributed by atoms with Gasteiger partial charge in [0, 0.05) is 12.1 Å². The minimum Gasteiger partial charge on any atom is -0.399 e. The highest BCUT2D eigenvalue weighted by Crippen LogP contribution is 2.14. The monoisotopic (exact) mass is 492 g/mol. The van der Waals surface area contributed by atoms with Crippen LogP contribution in [0.25, 0.3) is 0 Å². The molecular weight excluding hydrogens is 444 g/mol. The van der Waals surface area contributed by atoms with Crippen molar-refractivity contribution in [1.82, 2.24) is 4.72 Å². The number of hydrogen-bond donors (Lipinski definition) is 2. The Bertz CT molecular complexity index is 752. The molecule has 0 heterocycles. The van der Waals surface area contributed by atoms with Crippen molar-refractivity contribution in [3.8, 4) is 0 Å². The van der Waals surface area contributed by atoms with Crippen LogP contribution in [-0.2, 0) is 14.8 Å². The van der Waals surface area contributed by atoms with Crippen LogP contribution in [0.4, 0.5) is 5.69 Å². The Labute approximate surface area is 209 Å². The number of carbonyl (C=O) groups is 1. The summed E-state index contributed by atoms with van der Waals surface area (Å²) < 4.78 is 26.4. The molecule has 0 unspecified atom stereocenters. The molecule has 34 heavy (non-hydrogen) atoms. The number of allylic oxidation sites excluding steroid dienone is 2. The van der Waals surface area contributed by atoms with Crippen molar-refractivity contribution in [2.24, 2.45) is 0 Å². The van der Waals surface area contributed by atoms with Gasteiger partial charge in [0.05, 0.1) is 4.90 Å². The molecule has 0 atom stereocenters. The van der Waals surface area contributed by atoms with Crippen LogP contribution in [0.2, 0.25) is 0 Å². The third-order valence-electron chi connectivity index (χ3n) is 5.61. The molecule has 1 amide bonds. The van der Waals surface area contributed by atoms with Gasteiger partial charge in [-0.25, -0.2) is 13.1 Å². The summed E-state index contributed by atoms with van der Waals surface area (Å²) in [7, 11) is -3.80. The van der Waals surface area contributed by atoms with Crippen molar-refractivity contribution in [3.05, 3.63) is 49.6 Å². The zero-order valence-electron chi connectivity index (χ0n) is 21.4. The predicted molar refractivity (Wildman–Crippen MR) is 146 cm³/mol. The summed E-state index contributed by atoms with van der Waals surface area (Å²) in [6.45, 7) is 8.98. The summed E-state index contributed by atoms with van der Waals surface area (Å²) in [5.41, 5.74) is 6.04. The van der Waals surface area contributed by atoms with E-state index in [1.165, 1.54) is 101 Å². The number of hydrogen-bond acceptors (Lipinski definition) is 4. The number of anilines is 1. The topological polar surface area (TPSA) is 89.3 Å². The maximum absolute atomic E-state index is 12.1. The second-order valence-corrected chi connectivity index (χ2v) is 10.5. The van der Waals surface area contributed by atoms with E-state index in [1.54, 1.807) is 12.2 Å². The highest BCUT2D eigenvalue weighted by molar-refractivity contribution is 7.90. The Morgan fingerprint density at radius 1 is 0.765 bits per heavy atom. The van der Waals surface area contributed by atoms with E-state index in [4.69, 9.17) is 5.73 Å². The van der Waals surface area contributed by atoms with Gasteiger partial charge < -0.3 is 5.73 Å². The van der Waals surface area contributed by atoms with Crippen LogP contribution in [0.15, 0.2) is 54.5 Å². The van der Waals surface area contributed by atoms with Crippen LogP contribution < -0.4 is 10.5 Å². The average molecular weight is 493 g/mol. The Kier molecular flexibility index (Phi) is 20.1. The maximum atomic E-state index is 12.1. The third kappa shape index (κ3) is 18.4. The molecule has 5 nitrogen and oxygen atoms in total. The summed E-state index contributed by atoms with van der Waals surface area (Å²) in [4.78, 5) is 12.0. The number of nitrogens with one attached hydrogen (secondary N) is 1. The first kappa shape index (κ1) is 31.9. The SMILES string of the molecule is C=CC=C.CCCCCCCCCCCCCCCCCC(=O)NS(=O)(=O)c1ccc(N)cc1. The van der Waals surface area contributed by atoms with Crippen LogP contribution in [0.1, 0.15) is 110 Å². The molecule has 0 saturated heterocycles. The van der Waals surface area contributed by atoms with Gasteiger partial charge in [-0.3, -0.25) is 4.79 Å². The minimum absolute atomic E-state index is 0.0570. The van der Waals surface area contributed by atoms with Crippen LogP contribution >= 0.6 is 0 Å². The molecule has 1 rings (SSSR count). The second kappa shape index (κ2) is 21.5. The van der Waals surface area contributed by atoms with Crippen LogP contribution in [0.3, 0.4) is 0 Å². The first-order valence-electron chi connectivity index (χ1n) is 13.0. The molecule has 0 fully saturated rings. The molecule has 0 bridgehead atoms. The number of carbonyl (C=O) groups excluding carboxylic acids is 1. The fraction of sp³-hybridized carbons (Fsp3) is 0.607. The number of benzene rings is 1. The van der Waals surface area contributed by atoms with Crippen molar-refractivity contribution in [3.63, 3.8) is 0 Å². The van der Waals surface area contributed by atoms with E-state index in [1.807, 2.05) is 0 Å². The lowest BCUT2D eigenvalue weighted by Crippen LogP contribution is -2.30. The van der Waals surface area contributed by atoms with Gasteiger partial charge in [-0.2, -0.15) is 0 Å². The fourth-order valence-electron chi connectivity index (χ4n) is 3.56. The lowest BCUT2D eigenvalue weighted by Gasteiger charge is -2.07. The first-order valence-corrected chi connectivity index (χ1v) is 14.5. The van der Waals surface area contributed by atoms with Crippen LogP contribution in [-0.4, -0.2) is 14.3 Å². The molecule has 0 aliphatic carbocycles. The fourth-order valence-corrected chi connectivity index (χ4v) is 4.58. The lowest BCUT2D eigenvalue weighted by molar-refractivity contribution is -0.119. The Hall–Kier alpha value is -2.08. The number of amides is 1. The molecule has 6 heteroatoms. The minimum atomic E-state index is -3.80. The van der Waals surface area contributed by atoms with Gasteiger partial charge >= 0.3 is 0 Å². The summed E-state index contributed by atoms with van der Waals surface area (Å²) in [5.74, 6) is -0.443. The van der Waals surface area contributed by atoms with Gasteiger partial charge in [0.15, 0.2) is 0 Å². The van der Waals surface area contributed by atoms with Gasteiger partial charge in [0.25, 0.3) is 10.0 Å². The standard InChI is InChI=1S/C24H42N2O3S.C4H6/c1-2-3-4-5-6-7-8-9-10-11-12-13-14-15-16-17-24(27)26-30(28,29)23-20-18-22(25)19-21-23;1-3-4-2/h18-21H,2-17,25H2,1H3,(H,26,27);3-4H,1-2H2. The van der Waals surface area contributed by atoms with E-state index in [0.717, 1.165) is 19.3 Å². The number of nitrogens with two attached hydrogens (primary N) is 1. The zero-order chi connectivity index (χ0) is 25.5. The highest BCUT2D eigenvalue weighted by Gasteiger charge is 2.16. The molecule has 0 saturated carbocycles. The Morgan fingerprint density at radius 3 is 1.53 bits per heavy atom. The maximum Gasteiger partial charge on any atom is 0.264 e. The molecule has 3 N–H and O–H groups in total. The third-order valence-corrected chi connectivity index (χ3v) is 7.00. The summed E-state index contributed by atoms with van der Waals surface area (Å²) in [5, 5.41) is 0. The molecule has 0 aliphatic rings. The smallest absolute Gasteiger partial charge is 0.264 e. The number of rotatable bonds is 19. The number of sulfonamides is 1. The largest absolute Gasteiger partial charge is 0.399 e. The summed E-state index contributed by atoms with van der Waals surface area (Å²) in [6, 6.07) is 5.82.